The van der Waals surface area contributed by atoms with E-state index in [1.165, 1.54) is 18.2 Å². The number of rotatable bonds is 4. The van der Waals surface area contributed by atoms with Crippen LogP contribution in [0.4, 0.5) is 16.2 Å². The number of urea groups is 1. The van der Waals surface area contributed by atoms with Crippen LogP contribution in [-0.2, 0) is 10.0 Å². The van der Waals surface area contributed by atoms with Gasteiger partial charge in [0.2, 0.25) is 0 Å². The van der Waals surface area contributed by atoms with Gasteiger partial charge in [-0.3, -0.25) is 4.72 Å². The Morgan fingerprint density at radius 1 is 1.05 bits per heavy atom. The summed E-state index contributed by atoms with van der Waals surface area (Å²) in [6, 6.07) is 11.5. The van der Waals surface area contributed by atoms with E-state index in [1.54, 1.807) is 30.3 Å². The summed E-state index contributed by atoms with van der Waals surface area (Å²) in [6.45, 7) is 0. The largest absolute Gasteiger partial charge is 0.351 e. The number of sulfonamides is 1. The normalized spacial score (nSPS) is 10.9. The van der Waals surface area contributed by atoms with Gasteiger partial charge in [0.25, 0.3) is 10.0 Å². The molecule has 0 heterocycles. The van der Waals surface area contributed by atoms with Crippen LogP contribution in [0.2, 0.25) is 5.02 Å². The predicted molar refractivity (Wildman–Crippen MR) is 81.9 cm³/mol. The lowest BCUT2D eigenvalue weighted by atomic mass is 10.3. The summed E-state index contributed by atoms with van der Waals surface area (Å²) in [5.74, 6) is 0. The van der Waals surface area contributed by atoms with Gasteiger partial charge in [-0.15, -0.1) is 0 Å². The standard InChI is InChI=1S/C13H12ClN3O3S/c14-11-6-1-2-7-12(11)21(19,20)17-10-5-3-4-9(8-10)16-13(15)18/h1-8,17H,(H3,15,16,18). The van der Waals surface area contributed by atoms with Crippen molar-refractivity contribution in [3.05, 3.63) is 53.6 Å². The number of benzene rings is 2. The third-order valence-electron chi connectivity index (χ3n) is 2.51. The van der Waals surface area contributed by atoms with Crippen LogP contribution in [0.5, 0.6) is 0 Å². The zero-order valence-electron chi connectivity index (χ0n) is 10.7. The Balaban J connectivity index is 2.29. The number of carbonyl (C=O) groups excluding carboxylic acids is 1. The Labute approximate surface area is 127 Å². The molecule has 8 heteroatoms. The molecule has 4 N–H and O–H groups in total. The van der Waals surface area contributed by atoms with Gasteiger partial charge < -0.3 is 11.1 Å². The van der Waals surface area contributed by atoms with Crippen molar-refractivity contribution >= 4 is 39.0 Å². The predicted octanol–water partition coefficient (Wildman–Crippen LogP) is 2.63. The molecule has 0 saturated carbocycles. The number of nitrogens with one attached hydrogen (secondary N) is 2. The first-order chi connectivity index (χ1) is 9.88. The summed E-state index contributed by atoms with van der Waals surface area (Å²) in [4.78, 5) is 10.8. The highest BCUT2D eigenvalue weighted by molar-refractivity contribution is 7.92. The summed E-state index contributed by atoms with van der Waals surface area (Å²) in [5, 5.41) is 2.48. The van der Waals surface area contributed by atoms with Crippen molar-refractivity contribution in [2.75, 3.05) is 10.0 Å². The Morgan fingerprint density at radius 3 is 2.38 bits per heavy atom. The minimum absolute atomic E-state index is 0.0278. The number of primary amides is 1. The molecular weight excluding hydrogens is 314 g/mol. The van der Waals surface area contributed by atoms with Crippen molar-refractivity contribution in [3.63, 3.8) is 0 Å². The molecule has 110 valence electrons. The topological polar surface area (TPSA) is 101 Å². The molecule has 0 unspecified atom stereocenters. The highest BCUT2D eigenvalue weighted by Gasteiger charge is 2.17. The molecule has 0 aliphatic rings. The van der Waals surface area contributed by atoms with Crippen LogP contribution >= 0.6 is 11.6 Å². The van der Waals surface area contributed by atoms with E-state index < -0.39 is 16.1 Å². The molecule has 0 atom stereocenters. The third kappa shape index (κ3) is 3.87. The fraction of sp³-hybridized carbons (Fsp3) is 0. The molecule has 21 heavy (non-hydrogen) atoms. The van der Waals surface area contributed by atoms with Crippen LogP contribution in [0, 0.1) is 0 Å². The second-order valence-electron chi connectivity index (χ2n) is 4.11. The Morgan fingerprint density at radius 2 is 1.71 bits per heavy atom. The quantitative estimate of drug-likeness (QED) is 0.805. The van der Waals surface area contributed by atoms with Crippen molar-refractivity contribution in [1.82, 2.24) is 0 Å². The van der Waals surface area contributed by atoms with Gasteiger partial charge in [0.15, 0.2) is 0 Å². The average molecular weight is 326 g/mol. The summed E-state index contributed by atoms with van der Waals surface area (Å²) in [7, 11) is -3.82. The molecule has 0 spiro atoms. The average Bonchev–Trinajstić information content (AvgIpc) is 2.38. The number of hydrogen-bond acceptors (Lipinski definition) is 3. The Hall–Kier alpha value is -2.25. The maximum absolute atomic E-state index is 12.2. The molecular formula is C13H12ClN3O3S. The van der Waals surface area contributed by atoms with Crippen molar-refractivity contribution in [3.8, 4) is 0 Å². The number of carbonyl (C=O) groups is 1. The van der Waals surface area contributed by atoms with E-state index in [-0.39, 0.29) is 15.6 Å². The summed E-state index contributed by atoms with van der Waals surface area (Å²) >= 11 is 5.88. The lowest BCUT2D eigenvalue weighted by molar-refractivity contribution is 0.259. The van der Waals surface area contributed by atoms with Gasteiger partial charge in [0, 0.05) is 5.69 Å². The highest BCUT2D eigenvalue weighted by Crippen LogP contribution is 2.24. The highest BCUT2D eigenvalue weighted by atomic mass is 35.5. The van der Waals surface area contributed by atoms with E-state index in [4.69, 9.17) is 17.3 Å². The molecule has 0 aromatic heterocycles. The fourth-order valence-electron chi connectivity index (χ4n) is 1.68. The van der Waals surface area contributed by atoms with Gasteiger partial charge in [-0.25, -0.2) is 13.2 Å². The van der Waals surface area contributed by atoms with Gasteiger partial charge >= 0.3 is 6.03 Å². The van der Waals surface area contributed by atoms with E-state index in [9.17, 15) is 13.2 Å². The maximum Gasteiger partial charge on any atom is 0.316 e. The number of amides is 2. The minimum atomic E-state index is -3.82. The Bertz CT molecular complexity index is 778. The first kappa shape index (κ1) is 15.1. The fourth-order valence-corrected chi connectivity index (χ4v) is 3.25. The van der Waals surface area contributed by atoms with Crippen molar-refractivity contribution in [2.45, 2.75) is 4.90 Å². The number of nitrogens with two attached hydrogens (primary N) is 1. The molecule has 0 aliphatic carbocycles. The summed E-state index contributed by atoms with van der Waals surface area (Å²) in [6.07, 6.45) is 0. The van der Waals surface area contributed by atoms with Gasteiger partial charge in [0.1, 0.15) is 4.90 Å². The van der Waals surface area contributed by atoms with Crippen LogP contribution < -0.4 is 15.8 Å². The lowest BCUT2D eigenvalue weighted by Gasteiger charge is -2.10. The molecule has 0 saturated heterocycles. The van der Waals surface area contributed by atoms with Gasteiger partial charge in [-0.1, -0.05) is 29.8 Å². The smallest absolute Gasteiger partial charge is 0.316 e. The van der Waals surface area contributed by atoms with Crippen LogP contribution in [0.25, 0.3) is 0 Å². The molecule has 2 rings (SSSR count). The second-order valence-corrected chi connectivity index (χ2v) is 6.16. The van der Waals surface area contributed by atoms with Crippen LogP contribution in [0.3, 0.4) is 0 Å². The third-order valence-corrected chi connectivity index (χ3v) is 4.39. The zero-order chi connectivity index (χ0) is 15.5. The van der Waals surface area contributed by atoms with Crippen LogP contribution in [0.15, 0.2) is 53.4 Å². The monoisotopic (exact) mass is 325 g/mol. The molecule has 0 fully saturated rings. The van der Waals surface area contributed by atoms with Crippen molar-refractivity contribution in [1.29, 1.82) is 0 Å². The zero-order valence-corrected chi connectivity index (χ0v) is 12.3. The molecule has 2 amide bonds. The second kappa shape index (κ2) is 6.02. The molecule has 0 aliphatic heterocycles. The lowest BCUT2D eigenvalue weighted by Crippen LogP contribution is -2.19. The molecule has 2 aromatic rings. The first-order valence-electron chi connectivity index (χ1n) is 5.82. The summed E-state index contributed by atoms with van der Waals surface area (Å²) < 4.78 is 26.9. The van der Waals surface area contributed by atoms with Gasteiger partial charge in [0.05, 0.1) is 10.7 Å². The number of anilines is 2. The summed E-state index contributed by atoms with van der Waals surface area (Å²) in [5.41, 5.74) is 5.66. The van der Waals surface area contributed by atoms with Crippen molar-refractivity contribution < 1.29 is 13.2 Å². The van der Waals surface area contributed by atoms with Gasteiger partial charge in [-0.2, -0.15) is 0 Å². The minimum Gasteiger partial charge on any atom is -0.351 e. The molecule has 0 radical (unpaired) electrons. The maximum atomic E-state index is 12.2. The number of halogens is 1. The van der Waals surface area contributed by atoms with E-state index >= 15 is 0 Å². The van der Waals surface area contributed by atoms with Crippen molar-refractivity contribution in [2.24, 2.45) is 5.73 Å². The number of hydrogen-bond donors (Lipinski definition) is 3. The van der Waals surface area contributed by atoms with Crippen LogP contribution in [-0.4, -0.2) is 14.4 Å². The van der Waals surface area contributed by atoms with E-state index in [2.05, 4.69) is 10.0 Å². The van der Waals surface area contributed by atoms with Crippen LogP contribution in [0.1, 0.15) is 0 Å². The van der Waals surface area contributed by atoms with E-state index in [1.807, 2.05) is 0 Å². The molecule has 6 nitrogen and oxygen atoms in total. The van der Waals surface area contributed by atoms with Gasteiger partial charge in [-0.05, 0) is 30.3 Å². The first-order valence-corrected chi connectivity index (χ1v) is 7.68. The van der Waals surface area contributed by atoms with E-state index in [0.717, 1.165) is 0 Å². The SMILES string of the molecule is NC(=O)Nc1cccc(NS(=O)(=O)c2ccccc2Cl)c1. The van der Waals surface area contributed by atoms with E-state index in [0.29, 0.717) is 5.69 Å². The molecule has 0 bridgehead atoms. The molecule has 2 aromatic carbocycles. The Kier molecular flexibility index (Phi) is 4.35.